The Morgan fingerprint density at radius 2 is 1.08 bits per heavy atom. The molecule has 0 rings (SSSR count). The minimum absolute atomic E-state index is 0.160. The first-order valence-electron chi connectivity index (χ1n) is 8.27. The third-order valence-corrected chi connectivity index (χ3v) is 4.99. The van der Waals surface area contributed by atoms with Gasteiger partial charge in [-0.25, -0.2) is 0 Å². The van der Waals surface area contributed by atoms with Gasteiger partial charge in [0.05, 0.1) is 12.1 Å². The molecule has 0 aliphatic carbocycles. The number of hydrogen-bond acceptors (Lipinski definition) is 8. The van der Waals surface area contributed by atoms with Gasteiger partial charge in [0.2, 0.25) is 11.1 Å². The lowest BCUT2D eigenvalue weighted by Crippen LogP contribution is -2.61. The van der Waals surface area contributed by atoms with Crippen LogP contribution in [0.15, 0.2) is 10.2 Å². The normalized spacial score (nSPS) is 20.6. The Hall–Kier alpha value is -2.56. The average molecular weight is 366 g/mol. The van der Waals surface area contributed by atoms with Gasteiger partial charge in [0, 0.05) is 0 Å². The largest absolute Gasteiger partial charge is 0.377 e. The third-order valence-electron chi connectivity index (χ3n) is 4.99. The zero-order valence-electron chi connectivity index (χ0n) is 15.5. The van der Waals surface area contributed by atoms with Crippen LogP contribution < -0.4 is 11.5 Å². The minimum atomic E-state index is -2.36. The second-order valence-electron chi connectivity index (χ2n) is 6.01. The summed E-state index contributed by atoms with van der Waals surface area (Å²) in [5.41, 5.74) is 1.60. The number of amides is 2. The van der Waals surface area contributed by atoms with Gasteiger partial charge in [-0.3, -0.25) is 9.59 Å². The summed E-state index contributed by atoms with van der Waals surface area (Å²) >= 11 is 0. The van der Waals surface area contributed by atoms with Crippen LogP contribution in [-0.2, 0) is 9.59 Å². The molecule has 0 aliphatic rings. The van der Waals surface area contributed by atoms with E-state index < -0.39 is 34.1 Å². The lowest BCUT2D eigenvalue weighted by atomic mass is 9.75. The molecule has 0 aromatic carbocycles. The van der Waals surface area contributed by atoms with E-state index in [-0.39, 0.29) is 25.7 Å². The molecule has 0 aromatic heterocycles. The molecule has 0 bridgehead atoms. The molecule has 10 heteroatoms. The SMILES string of the molecule is CCC(C#N)(N=NC(C#N)(CC)C(O)(CC)C(N)=O)C(O)(CC)C(N)=O. The highest BCUT2D eigenvalue weighted by Crippen LogP contribution is 2.37. The fraction of sp³-hybridized carbons (Fsp3) is 0.750. The first-order chi connectivity index (χ1) is 12.0. The predicted octanol–water partition coefficient (Wildman–Crippen LogP) is 0.0362. The number of hydrogen-bond donors (Lipinski definition) is 4. The highest BCUT2D eigenvalue weighted by molar-refractivity contribution is 5.86. The highest BCUT2D eigenvalue weighted by Gasteiger charge is 2.57. The molecule has 6 N–H and O–H groups in total. The zero-order chi connectivity index (χ0) is 20.8. The summed E-state index contributed by atoms with van der Waals surface area (Å²) in [4.78, 5) is 23.5. The van der Waals surface area contributed by atoms with Crippen molar-refractivity contribution in [3.63, 3.8) is 0 Å². The van der Waals surface area contributed by atoms with Crippen molar-refractivity contribution in [1.29, 1.82) is 10.5 Å². The molecule has 0 aliphatic heterocycles. The molecule has 144 valence electrons. The molecular formula is C16H26N6O4. The first kappa shape index (κ1) is 23.4. The summed E-state index contributed by atoms with van der Waals surface area (Å²) in [7, 11) is 0. The Morgan fingerprint density at radius 3 is 1.19 bits per heavy atom. The van der Waals surface area contributed by atoms with Gasteiger partial charge in [0.1, 0.15) is 0 Å². The topological polar surface area (TPSA) is 199 Å². The number of carbonyl (C=O) groups is 2. The van der Waals surface area contributed by atoms with Crippen molar-refractivity contribution in [3.05, 3.63) is 0 Å². The monoisotopic (exact) mass is 366 g/mol. The van der Waals surface area contributed by atoms with E-state index in [0.717, 1.165) is 0 Å². The molecule has 0 spiro atoms. The molecule has 0 fully saturated rings. The van der Waals surface area contributed by atoms with E-state index in [9.17, 15) is 30.3 Å². The molecule has 0 radical (unpaired) electrons. The van der Waals surface area contributed by atoms with Crippen LogP contribution in [0, 0.1) is 22.7 Å². The zero-order valence-corrected chi connectivity index (χ0v) is 15.5. The van der Waals surface area contributed by atoms with Gasteiger partial charge in [-0.1, -0.05) is 27.7 Å². The van der Waals surface area contributed by atoms with Gasteiger partial charge < -0.3 is 21.7 Å². The standard InChI is InChI=1S/C16H26N6O4/c1-5-13(9-17,15(25,7-3)11(19)23)21-22-14(6-2,10-18)16(26,8-4)12(20)24/h25-26H,5-8H2,1-4H3,(H2,19,23)(H2,20,24). The number of azo groups is 1. The number of nitrogens with two attached hydrogens (primary N) is 2. The van der Waals surface area contributed by atoms with Gasteiger partial charge in [-0.05, 0) is 25.7 Å². The summed E-state index contributed by atoms with van der Waals surface area (Å²) < 4.78 is 0. The highest BCUT2D eigenvalue weighted by atomic mass is 16.3. The third kappa shape index (κ3) is 3.26. The molecule has 4 unspecified atom stereocenters. The second-order valence-corrected chi connectivity index (χ2v) is 6.01. The van der Waals surface area contributed by atoms with E-state index in [1.165, 1.54) is 27.7 Å². The van der Waals surface area contributed by atoms with Gasteiger partial charge >= 0.3 is 0 Å². The molecule has 10 nitrogen and oxygen atoms in total. The summed E-state index contributed by atoms with van der Waals surface area (Å²) in [6.07, 6.45) is -0.788. The van der Waals surface area contributed by atoms with Gasteiger partial charge in [0.25, 0.3) is 11.8 Å². The molecule has 0 saturated carbocycles. The summed E-state index contributed by atoms with van der Waals surface area (Å²) in [5.74, 6) is -2.36. The van der Waals surface area contributed by atoms with E-state index in [1.54, 1.807) is 12.1 Å². The number of primary amides is 2. The Balaban J connectivity index is 6.65. The van der Waals surface area contributed by atoms with Crippen molar-refractivity contribution in [2.24, 2.45) is 21.7 Å². The van der Waals surface area contributed by atoms with Crippen LogP contribution in [-0.4, -0.2) is 44.3 Å². The van der Waals surface area contributed by atoms with Crippen LogP contribution in [0.1, 0.15) is 53.4 Å². The summed E-state index contributed by atoms with van der Waals surface area (Å²) in [5, 5.41) is 48.0. The maximum atomic E-state index is 11.8. The second kappa shape index (κ2) is 8.21. The van der Waals surface area contributed by atoms with E-state index in [1.807, 2.05) is 0 Å². The number of nitrogens with zero attached hydrogens (tertiary/aromatic N) is 4. The van der Waals surface area contributed by atoms with Gasteiger partial charge in [-0.2, -0.15) is 20.8 Å². The van der Waals surface area contributed by atoms with Crippen LogP contribution in [0.2, 0.25) is 0 Å². The van der Waals surface area contributed by atoms with Crippen LogP contribution in [0.4, 0.5) is 0 Å². The molecule has 0 heterocycles. The van der Waals surface area contributed by atoms with Crippen molar-refractivity contribution < 1.29 is 19.8 Å². The lowest BCUT2D eigenvalue weighted by molar-refractivity contribution is -0.144. The molecule has 26 heavy (non-hydrogen) atoms. The van der Waals surface area contributed by atoms with E-state index in [0.29, 0.717) is 0 Å². The van der Waals surface area contributed by atoms with Gasteiger partial charge in [-0.15, -0.1) is 0 Å². The summed E-state index contributed by atoms with van der Waals surface area (Å²) in [6.45, 7) is 5.83. The van der Waals surface area contributed by atoms with Gasteiger partial charge in [0.15, 0.2) is 11.2 Å². The van der Waals surface area contributed by atoms with E-state index in [2.05, 4.69) is 10.2 Å². The van der Waals surface area contributed by atoms with Crippen molar-refractivity contribution in [2.75, 3.05) is 0 Å². The maximum absolute atomic E-state index is 11.8. The van der Waals surface area contributed by atoms with Crippen molar-refractivity contribution in [1.82, 2.24) is 0 Å². The van der Waals surface area contributed by atoms with Crippen molar-refractivity contribution in [2.45, 2.75) is 75.7 Å². The predicted molar refractivity (Wildman–Crippen MR) is 91.0 cm³/mol. The average Bonchev–Trinajstić information content (AvgIpc) is 2.64. The van der Waals surface area contributed by atoms with Crippen LogP contribution in [0.3, 0.4) is 0 Å². The van der Waals surface area contributed by atoms with Crippen LogP contribution >= 0.6 is 0 Å². The number of nitriles is 2. The lowest BCUT2D eigenvalue weighted by Gasteiger charge is -2.38. The smallest absolute Gasteiger partial charge is 0.253 e. The maximum Gasteiger partial charge on any atom is 0.253 e. The minimum Gasteiger partial charge on any atom is -0.377 e. The Kier molecular flexibility index (Phi) is 7.40. The van der Waals surface area contributed by atoms with Crippen molar-refractivity contribution >= 4 is 11.8 Å². The molecule has 0 saturated heterocycles. The van der Waals surface area contributed by atoms with Crippen LogP contribution in [0.25, 0.3) is 0 Å². The van der Waals surface area contributed by atoms with Crippen molar-refractivity contribution in [3.8, 4) is 12.1 Å². The molecule has 2 amide bonds. The van der Waals surface area contributed by atoms with E-state index in [4.69, 9.17) is 11.5 Å². The fourth-order valence-electron chi connectivity index (χ4n) is 2.79. The first-order valence-corrected chi connectivity index (χ1v) is 8.27. The molecular weight excluding hydrogens is 340 g/mol. The summed E-state index contributed by atoms with van der Waals surface area (Å²) in [6, 6.07) is 3.48. The molecule has 0 aromatic rings. The van der Waals surface area contributed by atoms with Crippen LogP contribution in [0.5, 0.6) is 0 Å². The quantitative estimate of drug-likeness (QED) is 0.393. The van der Waals surface area contributed by atoms with E-state index >= 15 is 0 Å². The Bertz CT molecular complexity index is 613. The Morgan fingerprint density at radius 1 is 0.808 bits per heavy atom. The number of aliphatic hydroxyl groups is 2. The molecule has 4 atom stereocenters. The Labute approximate surface area is 152 Å². The fourth-order valence-corrected chi connectivity index (χ4v) is 2.79. The number of rotatable bonds is 10. The number of carbonyl (C=O) groups excluding carboxylic acids is 2.